The molecular weight excluding hydrogens is 871 g/mol. The number of hydrogen-bond acceptors (Lipinski definition) is 11. The third-order valence-electron chi connectivity index (χ3n) is 12.5. The zero-order valence-electron chi connectivity index (χ0n) is 38.6. The Balaban J connectivity index is 0.988. The van der Waals surface area contributed by atoms with Crippen LogP contribution in [0.5, 0.6) is 17.2 Å². The van der Waals surface area contributed by atoms with Crippen LogP contribution in [-0.2, 0) is 25.5 Å². The van der Waals surface area contributed by atoms with E-state index in [1.165, 1.54) is 11.8 Å². The molecule has 66 heavy (non-hydrogen) atoms. The van der Waals surface area contributed by atoms with E-state index in [-0.39, 0.29) is 50.4 Å². The smallest absolute Gasteiger partial charge is 0.262 e. The second-order valence-corrected chi connectivity index (χ2v) is 24.9. The summed E-state index contributed by atoms with van der Waals surface area (Å²) in [4.78, 5) is 29.3. The number of carbonyl (C=O) groups excluding carboxylic acids is 2. The molecule has 0 saturated carbocycles. The van der Waals surface area contributed by atoms with E-state index >= 15 is 0 Å². The first-order valence-corrected chi connectivity index (χ1v) is 26.5. The van der Waals surface area contributed by atoms with Gasteiger partial charge in [0.25, 0.3) is 11.8 Å². The van der Waals surface area contributed by atoms with Crippen LogP contribution >= 0.6 is 0 Å². The lowest BCUT2D eigenvalue weighted by molar-refractivity contribution is -0.118. The first kappa shape index (κ1) is 47.7. The normalized spacial score (nSPS) is 13.4. The molecule has 5 aromatic carbocycles. The van der Waals surface area contributed by atoms with Gasteiger partial charge >= 0.3 is 0 Å². The molecule has 1 aromatic heterocycles. The van der Waals surface area contributed by atoms with Crippen LogP contribution in [0.25, 0.3) is 22.0 Å². The highest BCUT2D eigenvalue weighted by Crippen LogP contribution is 2.46. The number of aryl methyl sites for hydroxylation is 2. The fourth-order valence-corrected chi connectivity index (χ4v) is 10.5. The van der Waals surface area contributed by atoms with Crippen molar-refractivity contribution in [2.45, 2.75) is 87.4 Å². The molecule has 2 amide bonds. The second kappa shape index (κ2) is 19.7. The topological polar surface area (TPSA) is 191 Å². The Morgan fingerprint density at radius 2 is 1.71 bits per heavy atom. The van der Waals surface area contributed by atoms with Crippen LogP contribution < -0.4 is 31.2 Å². The first-order valence-electron chi connectivity index (χ1n) is 22.1. The second-order valence-electron chi connectivity index (χ2n) is 18.2. The Hall–Kier alpha value is -6.26. The number of phenolic OH excluding ortho intramolecular Hbond substituents is 1. The zero-order chi connectivity index (χ0) is 47.4. The SMILES string of the molecule is COc1cccc(Nc2c(C(N)=O)cnc3c(C)cc(S(=O)(=O)c4cccc(-c5ccc(CCCCCNC[C@H](O[Si](C)(C)C(C)(C)C)c6ccc(O)c7c6OCC(=O)N7)cc5)c4)cc23)c1. The molecule has 2 heterocycles. The quantitative estimate of drug-likeness (QED) is 0.0313. The molecule has 6 N–H and O–H groups in total. The van der Waals surface area contributed by atoms with Crippen LogP contribution in [0.3, 0.4) is 0 Å². The fraction of sp³-hybridized carbons (Fsp3) is 0.314. The summed E-state index contributed by atoms with van der Waals surface area (Å²) < 4.78 is 46.8. The average Bonchev–Trinajstić information content (AvgIpc) is 3.28. The number of nitrogens with one attached hydrogen (secondary N) is 3. The molecule has 6 aromatic rings. The highest BCUT2D eigenvalue weighted by atomic mass is 32.2. The van der Waals surface area contributed by atoms with Crippen molar-refractivity contribution in [3.63, 3.8) is 0 Å². The highest BCUT2D eigenvalue weighted by molar-refractivity contribution is 7.91. The molecule has 346 valence electrons. The van der Waals surface area contributed by atoms with Crippen molar-refractivity contribution in [1.29, 1.82) is 0 Å². The minimum atomic E-state index is -4.02. The fourth-order valence-electron chi connectivity index (χ4n) is 7.78. The summed E-state index contributed by atoms with van der Waals surface area (Å²) in [5.74, 6) is -0.00355. The molecule has 0 radical (unpaired) electrons. The van der Waals surface area contributed by atoms with E-state index in [4.69, 9.17) is 19.6 Å². The number of primary amides is 1. The van der Waals surface area contributed by atoms with Crippen molar-refractivity contribution < 1.29 is 37.0 Å². The van der Waals surface area contributed by atoms with Crippen molar-refractivity contribution in [3.05, 3.63) is 126 Å². The lowest BCUT2D eigenvalue weighted by Crippen LogP contribution is -2.43. The molecule has 0 aliphatic carbocycles. The number of amides is 2. The maximum Gasteiger partial charge on any atom is 0.262 e. The number of fused-ring (bicyclic) bond motifs is 2. The summed E-state index contributed by atoms with van der Waals surface area (Å²) in [6, 6.07) is 28.9. The number of hydrogen-bond donors (Lipinski definition) is 5. The Bertz CT molecular complexity index is 2880. The number of benzene rings is 5. The molecule has 0 fully saturated rings. The Morgan fingerprint density at radius 3 is 2.44 bits per heavy atom. The number of pyridine rings is 1. The largest absolute Gasteiger partial charge is 0.506 e. The number of carbonyl (C=O) groups is 2. The van der Waals surface area contributed by atoms with Crippen molar-refractivity contribution in [3.8, 4) is 28.4 Å². The number of nitrogens with zero attached hydrogens (tertiary/aromatic N) is 1. The van der Waals surface area contributed by atoms with E-state index in [9.17, 15) is 23.1 Å². The number of nitrogens with two attached hydrogens (primary N) is 1. The van der Waals surface area contributed by atoms with Gasteiger partial charge < -0.3 is 40.7 Å². The van der Waals surface area contributed by atoms with Gasteiger partial charge in [-0.2, -0.15) is 0 Å². The lowest BCUT2D eigenvalue weighted by Gasteiger charge is -2.40. The van der Waals surface area contributed by atoms with Crippen LogP contribution in [-0.4, -0.2) is 65.4 Å². The van der Waals surface area contributed by atoms with Gasteiger partial charge in [-0.15, -0.1) is 0 Å². The molecule has 0 saturated heterocycles. The van der Waals surface area contributed by atoms with Gasteiger partial charge in [0, 0.05) is 35.4 Å². The zero-order valence-corrected chi connectivity index (χ0v) is 40.4. The third kappa shape index (κ3) is 10.5. The van der Waals surface area contributed by atoms with Gasteiger partial charge in [0.05, 0.1) is 39.8 Å². The van der Waals surface area contributed by atoms with Gasteiger partial charge in [0.2, 0.25) is 9.84 Å². The van der Waals surface area contributed by atoms with E-state index < -0.39 is 24.1 Å². The van der Waals surface area contributed by atoms with E-state index in [1.54, 1.807) is 68.6 Å². The summed E-state index contributed by atoms with van der Waals surface area (Å²) in [5.41, 5.74) is 12.0. The van der Waals surface area contributed by atoms with Crippen molar-refractivity contribution in [1.82, 2.24) is 10.3 Å². The predicted molar refractivity (Wildman–Crippen MR) is 262 cm³/mol. The summed E-state index contributed by atoms with van der Waals surface area (Å²) in [5, 5.41) is 20.5. The van der Waals surface area contributed by atoms with Gasteiger partial charge in [0.15, 0.2) is 20.7 Å². The number of anilines is 3. The number of aromatic hydroxyl groups is 1. The monoisotopic (exact) mass is 929 g/mol. The van der Waals surface area contributed by atoms with Crippen LogP contribution in [0.1, 0.15) is 73.2 Å². The summed E-state index contributed by atoms with van der Waals surface area (Å²) in [6.45, 7) is 14.0. The van der Waals surface area contributed by atoms with E-state index in [0.29, 0.717) is 45.9 Å². The van der Waals surface area contributed by atoms with E-state index in [0.717, 1.165) is 48.9 Å². The Labute approximate surface area is 388 Å². The number of ether oxygens (including phenoxy) is 2. The Morgan fingerprint density at radius 1 is 0.955 bits per heavy atom. The lowest BCUT2D eigenvalue weighted by atomic mass is 10.0. The highest BCUT2D eigenvalue weighted by Gasteiger charge is 2.40. The molecule has 13 nitrogen and oxygen atoms in total. The van der Waals surface area contributed by atoms with Crippen molar-refractivity contribution in [2.75, 3.05) is 37.4 Å². The predicted octanol–water partition coefficient (Wildman–Crippen LogP) is 10.00. The van der Waals surface area contributed by atoms with Crippen LogP contribution in [0.15, 0.2) is 113 Å². The third-order valence-corrected chi connectivity index (χ3v) is 18.7. The van der Waals surface area contributed by atoms with Gasteiger partial charge in [-0.3, -0.25) is 14.6 Å². The summed E-state index contributed by atoms with van der Waals surface area (Å²) in [7, 11) is -4.67. The number of methoxy groups -OCH3 is 1. The molecule has 1 atom stereocenters. The van der Waals surface area contributed by atoms with Gasteiger partial charge in [-0.1, -0.05) is 69.7 Å². The summed E-state index contributed by atoms with van der Waals surface area (Å²) >= 11 is 0. The Kier molecular flexibility index (Phi) is 14.2. The van der Waals surface area contributed by atoms with Gasteiger partial charge in [-0.25, -0.2) is 8.42 Å². The van der Waals surface area contributed by atoms with Crippen molar-refractivity contribution in [2.24, 2.45) is 5.73 Å². The van der Waals surface area contributed by atoms with Crippen molar-refractivity contribution >= 4 is 57.9 Å². The van der Waals surface area contributed by atoms with Crippen LogP contribution in [0, 0.1) is 6.92 Å². The molecular formula is C51H59N5O8SSi. The molecule has 0 unspecified atom stereocenters. The molecule has 0 bridgehead atoms. The van der Waals surface area contributed by atoms with Crippen LogP contribution in [0.2, 0.25) is 18.1 Å². The molecule has 1 aliphatic rings. The standard InChI is InChI=1S/C51H59N5O8SSi/c1-32-25-39(28-41-46(32)54-29-42(50(52)59)47(41)55-36-15-12-16-37(27-36)62-5)65(60,61)38-17-11-14-35(26-38)34-20-18-33(19-21-34)13-9-8-10-24-53-30-44(64-66(6,7)51(2,3)4)40-22-23-43(57)48-49(40)63-31-45(58)56-48/h11-12,14-23,25-29,44,53,57H,8-10,13,24,30-31H2,1-7H3,(H2,52,59)(H,54,55)(H,56,58)/t44-/m0/s1. The number of phenols is 1. The van der Waals surface area contributed by atoms with E-state index in [1.807, 2.05) is 30.3 Å². The first-order chi connectivity index (χ1) is 31.4. The number of unbranched alkanes of at least 4 members (excludes halogenated alkanes) is 2. The summed E-state index contributed by atoms with van der Waals surface area (Å²) in [6.07, 6.45) is 4.94. The molecule has 15 heteroatoms. The maximum atomic E-state index is 14.3. The number of rotatable bonds is 18. The van der Waals surface area contributed by atoms with Crippen LogP contribution in [0.4, 0.5) is 17.1 Å². The molecule has 0 spiro atoms. The number of sulfone groups is 1. The molecule has 1 aliphatic heterocycles. The minimum Gasteiger partial charge on any atom is -0.506 e. The average molecular weight is 930 g/mol. The molecule has 7 rings (SSSR count). The maximum absolute atomic E-state index is 14.3. The van der Waals surface area contributed by atoms with Gasteiger partial charge in [-0.05, 0) is 122 Å². The number of aromatic nitrogens is 1. The minimum absolute atomic E-state index is 0.0272. The van der Waals surface area contributed by atoms with Gasteiger partial charge in [0.1, 0.15) is 17.2 Å². The van der Waals surface area contributed by atoms with E-state index in [2.05, 4.69) is 66.9 Å².